The molecule has 2 rings (SSSR count). The lowest BCUT2D eigenvalue weighted by Crippen LogP contribution is -2.20. The van der Waals surface area contributed by atoms with Crippen molar-refractivity contribution >= 4 is 12.1 Å². The quantitative estimate of drug-likeness (QED) is 0.512. The van der Waals surface area contributed by atoms with E-state index in [2.05, 4.69) is 20.7 Å². The molecule has 0 atom stereocenters. The molecular weight excluding hydrogens is 234 g/mol. The van der Waals surface area contributed by atoms with E-state index >= 15 is 0 Å². The summed E-state index contributed by atoms with van der Waals surface area (Å²) in [6, 6.07) is 5.09. The molecule has 18 heavy (non-hydrogen) atoms. The van der Waals surface area contributed by atoms with Crippen LogP contribution in [0.4, 0.5) is 0 Å². The maximum Gasteiger partial charge on any atom is 0.264 e. The van der Waals surface area contributed by atoms with Crippen molar-refractivity contribution in [3.05, 3.63) is 46.1 Å². The number of rotatable bonds is 4. The average molecular weight is 247 g/mol. The largest absolute Gasteiger partial charge is 0.350 e. The van der Waals surface area contributed by atoms with Crippen LogP contribution in [-0.2, 0) is 18.3 Å². The summed E-state index contributed by atoms with van der Waals surface area (Å²) in [7, 11) is 1.88. The van der Waals surface area contributed by atoms with E-state index in [1.54, 1.807) is 6.21 Å². The van der Waals surface area contributed by atoms with Gasteiger partial charge in [-0.2, -0.15) is 5.10 Å². The first-order valence-corrected chi connectivity index (χ1v) is 5.35. The van der Waals surface area contributed by atoms with E-state index in [-0.39, 0.29) is 17.9 Å². The molecule has 1 amide bonds. The molecule has 2 aromatic rings. The van der Waals surface area contributed by atoms with Gasteiger partial charge in [0.15, 0.2) is 0 Å². The van der Waals surface area contributed by atoms with Gasteiger partial charge in [-0.1, -0.05) is 0 Å². The Morgan fingerprint density at radius 3 is 3.00 bits per heavy atom. The molecule has 0 aliphatic carbocycles. The van der Waals surface area contributed by atoms with Crippen molar-refractivity contribution in [3.63, 3.8) is 0 Å². The van der Waals surface area contributed by atoms with Crippen LogP contribution in [0.1, 0.15) is 11.4 Å². The number of aryl methyl sites for hydroxylation is 1. The van der Waals surface area contributed by atoms with Gasteiger partial charge in [0.05, 0.1) is 18.3 Å². The molecule has 94 valence electrons. The van der Waals surface area contributed by atoms with Crippen LogP contribution in [0.15, 0.2) is 34.3 Å². The molecule has 0 bridgehead atoms. The van der Waals surface area contributed by atoms with Crippen LogP contribution in [0.2, 0.25) is 0 Å². The van der Waals surface area contributed by atoms with Crippen LogP contribution in [0, 0.1) is 0 Å². The van der Waals surface area contributed by atoms with E-state index in [1.807, 2.05) is 29.9 Å². The highest BCUT2D eigenvalue weighted by molar-refractivity contribution is 5.82. The van der Waals surface area contributed by atoms with E-state index < -0.39 is 0 Å². The van der Waals surface area contributed by atoms with Gasteiger partial charge in [0.25, 0.3) is 5.56 Å². The lowest BCUT2D eigenvalue weighted by molar-refractivity contribution is -0.120. The van der Waals surface area contributed by atoms with Crippen molar-refractivity contribution in [3.8, 4) is 0 Å². The zero-order chi connectivity index (χ0) is 13.0. The zero-order valence-electron chi connectivity index (χ0n) is 9.80. The average Bonchev–Trinajstić information content (AvgIpc) is 2.89. The number of nitrogens with one attached hydrogen (secondary N) is 3. The number of carbonyl (C=O) groups excluding carboxylic acids is 1. The predicted molar refractivity (Wildman–Crippen MR) is 66.3 cm³/mol. The monoisotopic (exact) mass is 247 g/mol. The van der Waals surface area contributed by atoms with Crippen LogP contribution in [0.25, 0.3) is 0 Å². The van der Waals surface area contributed by atoms with Gasteiger partial charge in [-0.3, -0.25) is 14.7 Å². The molecule has 0 radical (unpaired) electrons. The minimum absolute atomic E-state index is 0.0726. The highest BCUT2D eigenvalue weighted by atomic mass is 16.2. The van der Waals surface area contributed by atoms with Gasteiger partial charge < -0.3 is 9.67 Å². The lowest BCUT2D eigenvalue weighted by atomic mass is 10.3. The minimum Gasteiger partial charge on any atom is -0.350 e. The Morgan fingerprint density at radius 2 is 2.39 bits per heavy atom. The Bertz CT molecular complexity index is 619. The normalized spacial score (nSPS) is 10.9. The highest BCUT2D eigenvalue weighted by Crippen LogP contribution is 1.94. The van der Waals surface area contributed by atoms with Crippen LogP contribution in [0.3, 0.4) is 0 Å². The van der Waals surface area contributed by atoms with Crippen LogP contribution in [0.5, 0.6) is 0 Å². The third kappa shape index (κ3) is 2.97. The van der Waals surface area contributed by atoms with Crippen LogP contribution < -0.4 is 11.0 Å². The van der Waals surface area contributed by atoms with Crippen molar-refractivity contribution in [2.45, 2.75) is 6.42 Å². The molecule has 0 aromatic carbocycles. The van der Waals surface area contributed by atoms with Gasteiger partial charge >= 0.3 is 0 Å². The third-order valence-corrected chi connectivity index (χ3v) is 2.37. The van der Waals surface area contributed by atoms with Crippen molar-refractivity contribution in [1.29, 1.82) is 0 Å². The van der Waals surface area contributed by atoms with E-state index in [4.69, 9.17) is 0 Å². The Kier molecular flexibility index (Phi) is 3.42. The summed E-state index contributed by atoms with van der Waals surface area (Å²) in [6.45, 7) is 0. The van der Waals surface area contributed by atoms with Gasteiger partial charge in [0.1, 0.15) is 0 Å². The highest BCUT2D eigenvalue weighted by Gasteiger charge is 2.03. The van der Waals surface area contributed by atoms with Gasteiger partial charge in [0, 0.05) is 25.0 Å². The maximum atomic E-state index is 11.5. The second-order valence-electron chi connectivity index (χ2n) is 3.80. The molecule has 0 aliphatic heterocycles. The molecule has 0 spiro atoms. The number of aromatic amines is 2. The minimum atomic E-state index is -0.296. The lowest BCUT2D eigenvalue weighted by Gasteiger charge is -1.98. The van der Waals surface area contributed by atoms with Crippen molar-refractivity contribution < 1.29 is 4.79 Å². The second kappa shape index (κ2) is 5.17. The van der Waals surface area contributed by atoms with Crippen molar-refractivity contribution in [2.75, 3.05) is 0 Å². The van der Waals surface area contributed by atoms with Crippen LogP contribution >= 0.6 is 0 Å². The SMILES string of the molecule is Cn1cccc1C=NNC(=O)Cc1cc(=O)[nH][nH]1. The van der Waals surface area contributed by atoms with E-state index in [1.165, 1.54) is 6.07 Å². The fourth-order valence-electron chi connectivity index (χ4n) is 1.46. The Balaban J connectivity index is 1.87. The standard InChI is InChI=1S/C11H13N5O2/c1-16-4-2-3-9(16)7-12-14-10(17)5-8-6-11(18)15-13-8/h2-4,6-7H,5H2,1H3,(H,14,17)(H2,13,15,18). The van der Waals surface area contributed by atoms with E-state index in [9.17, 15) is 9.59 Å². The summed E-state index contributed by atoms with van der Waals surface area (Å²) < 4.78 is 1.87. The fourth-order valence-corrected chi connectivity index (χ4v) is 1.46. The molecule has 7 nitrogen and oxygen atoms in total. The first-order valence-electron chi connectivity index (χ1n) is 5.35. The topological polar surface area (TPSA) is 95.0 Å². The van der Waals surface area contributed by atoms with Gasteiger partial charge in [-0.05, 0) is 12.1 Å². The molecule has 0 unspecified atom stereocenters. The number of hydrazone groups is 1. The Labute approximate surface area is 103 Å². The van der Waals surface area contributed by atoms with E-state index in [0.29, 0.717) is 5.69 Å². The van der Waals surface area contributed by atoms with Gasteiger partial charge in [0.2, 0.25) is 5.91 Å². The molecule has 0 fully saturated rings. The number of nitrogens with zero attached hydrogens (tertiary/aromatic N) is 2. The number of hydrogen-bond donors (Lipinski definition) is 3. The van der Waals surface area contributed by atoms with E-state index in [0.717, 1.165) is 5.69 Å². The number of H-pyrrole nitrogens is 2. The summed E-state index contributed by atoms with van der Waals surface area (Å²) >= 11 is 0. The maximum absolute atomic E-state index is 11.5. The molecule has 2 heterocycles. The molecule has 0 saturated heterocycles. The Morgan fingerprint density at radius 1 is 1.56 bits per heavy atom. The van der Waals surface area contributed by atoms with Gasteiger partial charge in [-0.15, -0.1) is 0 Å². The number of aromatic nitrogens is 3. The first kappa shape index (κ1) is 11.9. The Hall–Kier alpha value is -2.57. The number of carbonyl (C=O) groups is 1. The molecule has 7 heteroatoms. The molecular formula is C11H13N5O2. The molecule has 0 aliphatic rings. The molecule has 0 saturated carbocycles. The first-order chi connectivity index (χ1) is 8.65. The summed E-state index contributed by atoms with van der Waals surface area (Å²) in [5.74, 6) is -0.296. The molecule has 3 N–H and O–H groups in total. The smallest absolute Gasteiger partial charge is 0.264 e. The van der Waals surface area contributed by atoms with Crippen LogP contribution in [-0.4, -0.2) is 26.9 Å². The zero-order valence-corrected chi connectivity index (χ0v) is 9.80. The number of amides is 1. The predicted octanol–water partition coefficient (Wildman–Crippen LogP) is -0.266. The number of hydrogen-bond acceptors (Lipinski definition) is 3. The van der Waals surface area contributed by atoms with Gasteiger partial charge in [-0.25, -0.2) is 5.43 Å². The third-order valence-electron chi connectivity index (χ3n) is 2.37. The summed E-state index contributed by atoms with van der Waals surface area (Å²) in [5.41, 5.74) is 3.53. The van der Waals surface area contributed by atoms with Crippen molar-refractivity contribution in [1.82, 2.24) is 20.2 Å². The molecule has 2 aromatic heterocycles. The summed E-state index contributed by atoms with van der Waals surface area (Å²) in [4.78, 5) is 22.3. The summed E-state index contributed by atoms with van der Waals surface area (Å²) in [5, 5.41) is 8.78. The van der Waals surface area contributed by atoms with Crippen molar-refractivity contribution in [2.24, 2.45) is 12.1 Å². The fraction of sp³-hybridized carbons (Fsp3) is 0.182. The summed E-state index contributed by atoms with van der Waals surface area (Å²) in [6.07, 6.45) is 3.51. The second-order valence-corrected chi connectivity index (χ2v) is 3.80.